The molecule has 0 aliphatic rings. The smallest absolute Gasteiger partial charge is 0.261 e. The van der Waals surface area contributed by atoms with Crippen molar-refractivity contribution in [3.05, 3.63) is 82.4 Å². The van der Waals surface area contributed by atoms with Crippen LogP contribution in [0.25, 0.3) is 10.2 Å². The predicted octanol–water partition coefficient (Wildman–Crippen LogP) is 5.58. The number of nitrogens with zero attached hydrogens (tertiary/aromatic N) is 3. The van der Waals surface area contributed by atoms with E-state index in [0.29, 0.717) is 34.5 Å². The van der Waals surface area contributed by atoms with Crippen LogP contribution in [0.1, 0.15) is 21.5 Å². The van der Waals surface area contributed by atoms with E-state index in [4.69, 9.17) is 16.6 Å². The zero-order valence-corrected chi connectivity index (χ0v) is 22.8. The molecule has 0 bridgehead atoms. The van der Waals surface area contributed by atoms with Crippen LogP contribution in [0.4, 0.5) is 10.8 Å². The van der Waals surface area contributed by atoms with Gasteiger partial charge in [-0.05, 0) is 82.0 Å². The van der Waals surface area contributed by atoms with E-state index in [1.807, 2.05) is 45.0 Å². The van der Waals surface area contributed by atoms with E-state index in [0.717, 1.165) is 21.3 Å². The molecule has 10 heteroatoms. The van der Waals surface area contributed by atoms with Crippen LogP contribution in [0.5, 0.6) is 0 Å². The quantitative estimate of drug-likeness (QED) is 0.314. The third-order valence-corrected chi connectivity index (χ3v) is 8.24. The number of sulfonamides is 1. The summed E-state index contributed by atoms with van der Waals surface area (Å²) < 4.78 is 28.9. The lowest BCUT2D eigenvalue weighted by Crippen LogP contribution is -2.36. The van der Waals surface area contributed by atoms with E-state index in [9.17, 15) is 13.2 Å². The monoisotopic (exact) mass is 542 g/mol. The van der Waals surface area contributed by atoms with Crippen molar-refractivity contribution in [2.75, 3.05) is 36.8 Å². The Morgan fingerprint density at radius 3 is 2.31 bits per heavy atom. The normalized spacial score (nSPS) is 11.7. The van der Waals surface area contributed by atoms with Crippen LogP contribution in [0.3, 0.4) is 0 Å². The minimum atomic E-state index is -3.73. The number of rotatable bonds is 8. The fraction of sp³-hybridized carbons (Fsp3) is 0.231. The summed E-state index contributed by atoms with van der Waals surface area (Å²) in [4.78, 5) is 22.1. The maximum absolute atomic E-state index is 13.5. The second-order valence-electron chi connectivity index (χ2n) is 8.82. The van der Waals surface area contributed by atoms with Gasteiger partial charge in [0.25, 0.3) is 15.9 Å². The summed E-state index contributed by atoms with van der Waals surface area (Å²) in [7, 11) is 0.156. The van der Waals surface area contributed by atoms with Gasteiger partial charge in [-0.2, -0.15) is 0 Å². The first kappa shape index (κ1) is 26.1. The SMILES string of the molecule is Cc1ccc(S(=O)(=O)Nc2ccc(C(=O)N(CCN(C)C)c3nc4c(C)cc(Cl)cc4s3)cc2)cc1. The Morgan fingerprint density at radius 1 is 1.00 bits per heavy atom. The number of carbonyl (C=O) groups is 1. The predicted molar refractivity (Wildman–Crippen MR) is 148 cm³/mol. The molecule has 4 rings (SSSR count). The Morgan fingerprint density at radius 2 is 1.67 bits per heavy atom. The highest BCUT2D eigenvalue weighted by atomic mass is 35.5. The van der Waals surface area contributed by atoms with Gasteiger partial charge < -0.3 is 4.90 Å². The van der Waals surface area contributed by atoms with E-state index >= 15 is 0 Å². The molecular formula is C26H27ClN4O3S2. The van der Waals surface area contributed by atoms with Gasteiger partial charge in [0.2, 0.25) is 0 Å². The number of benzene rings is 3. The summed E-state index contributed by atoms with van der Waals surface area (Å²) in [5.41, 5.74) is 3.55. The molecule has 0 saturated heterocycles. The minimum absolute atomic E-state index is 0.175. The van der Waals surface area contributed by atoms with Crippen LogP contribution in [-0.4, -0.2) is 51.4 Å². The highest BCUT2D eigenvalue weighted by molar-refractivity contribution is 7.92. The molecule has 1 amide bonds. The van der Waals surface area contributed by atoms with Crippen LogP contribution in [0.2, 0.25) is 5.02 Å². The first-order valence-corrected chi connectivity index (χ1v) is 13.9. The number of nitrogens with one attached hydrogen (secondary N) is 1. The van der Waals surface area contributed by atoms with Crippen LogP contribution in [0, 0.1) is 13.8 Å². The molecule has 36 heavy (non-hydrogen) atoms. The van der Waals surface area contributed by atoms with Crippen molar-refractivity contribution < 1.29 is 13.2 Å². The van der Waals surface area contributed by atoms with Gasteiger partial charge in [0.05, 0.1) is 15.1 Å². The lowest BCUT2D eigenvalue weighted by atomic mass is 10.2. The molecule has 188 valence electrons. The van der Waals surface area contributed by atoms with Crippen LogP contribution in [-0.2, 0) is 10.0 Å². The molecule has 0 saturated carbocycles. The average molecular weight is 543 g/mol. The molecule has 1 heterocycles. The fourth-order valence-electron chi connectivity index (χ4n) is 3.61. The third kappa shape index (κ3) is 5.87. The van der Waals surface area contributed by atoms with Gasteiger partial charge in [-0.1, -0.05) is 40.6 Å². The molecule has 3 aromatic carbocycles. The highest BCUT2D eigenvalue weighted by Crippen LogP contribution is 2.33. The Bertz CT molecular complexity index is 1500. The largest absolute Gasteiger partial charge is 0.308 e. The standard InChI is InChI=1S/C26H27ClN4O3S2/c1-17-5-11-22(12-6-17)36(33,34)29-21-9-7-19(8-10-21)25(32)31(14-13-30(3)4)26-28-24-18(2)15-20(27)16-23(24)35-26/h5-12,15-16,29H,13-14H2,1-4H3. The number of carbonyl (C=O) groups excluding carboxylic acids is 1. The summed E-state index contributed by atoms with van der Waals surface area (Å²) in [5, 5.41) is 1.22. The molecule has 1 aromatic heterocycles. The van der Waals surface area contributed by atoms with Crippen molar-refractivity contribution in [2.45, 2.75) is 18.7 Å². The molecule has 1 N–H and O–H groups in total. The van der Waals surface area contributed by atoms with Crippen LogP contribution in [0.15, 0.2) is 65.6 Å². The van der Waals surface area contributed by atoms with Gasteiger partial charge in [0.1, 0.15) is 0 Å². The molecule has 7 nitrogen and oxygen atoms in total. The maximum Gasteiger partial charge on any atom is 0.261 e. The summed E-state index contributed by atoms with van der Waals surface area (Å²) in [6.07, 6.45) is 0. The number of aromatic nitrogens is 1. The summed E-state index contributed by atoms with van der Waals surface area (Å²) in [6.45, 7) is 4.93. The van der Waals surface area contributed by atoms with Crippen molar-refractivity contribution >= 4 is 59.9 Å². The Hall–Kier alpha value is -2.98. The molecule has 4 aromatic rings. The number of fused-ring (bicyclic) bond motifs is 1. The molecule has 0 fully saturated rings. The van der Waals surface area contributed by atoms with E-state index in [1.165, 1.54) is 11.3 Å². The lowest BCUT2D eigenvalue weighted by molar-refractivity contribution is 0.0985. The zero-order valence-electron chi connectivity index (χ0n) is 20.4. The van der Waals surface area contributed by atoms with Crippen LogP contribution < -0.4 is 9.62 Å². The lowest BCUT2D eigenvalue weighted by Gasteiger charge is -2.22. The number of likely N-dealkylation sites (N-methyl/N-ethyl adjacent to an activating group) is 1. The second kappa shape index (κ2) is 10.6. The van der Waals surface area contributed by atoms with Crippen molar-refractivity contribution in [1.29, 1.82) is 0 Å². The van der Waals surface area contributed by atoms with Gasteiger partial charge in [0, 0.05) is 29.4 Å². The minimum Gasteiger partial charge on any atom is -0.308 e. The number of thiazole rings is 1. The number of halogens is 1. The third-order valence-electron chi connectivity index (χ3n) is 5.60. The first-order chi connectivity index (χ1) is 17.0. The fourth-order valence-corrected chi connectivity index (χ4v) is 6.11. The summed E-state index contributed by atoms with van der Waals surface area (Å²) in [5.74, 6) is -0.215. The average Bonchev–Trinajstić information content (AvgIpc) is 3.23. The molecular weight excluding hydrogens is 516 g/mol. The van der Waals surface area contributed by atoms with Crippen molar-refractivity contribution in [2.24, 2.45) is 0 Å². The maximum atomic E-state index is 13.5. The van der Waals surface area contributed by atoms with Crippen molar-refractivity contribution in [3.8, 4) is 0 Å². The molecule has 0 aliphatic heterocycles. The molecule has 0 radical (unpaired) electrons. The molecule has 0 atom stereocenters. The first-order valence-electron chi connectivity index (χ1n) is 11.3. The molecule has 0 unspecified atom stereocenters. The summed E-state index contributed by atoms with van der Waals surface area (Å²) in [6, 6.07) is 16.7. The van der Waals surface area contributed by atoms with Crippen molar-refractivity contribution in [3.63, 3.8) is 0 Å². The van der Waals surface area contributed by atoms with Gasteiger partial charge >= 0.3 is 0 Å². The van der Waals surface area contributed by atoms with E-state index < -0.39 is 10.0 Å². The number of aryl methyl sites for hydroxylation is 2. The van der Waals surface area contributed by atoms with Gasteiger partial charge in [-0.3, -0.25) is 14.4 Å². The zero-order chi connectivity index (χ0) is 26.0. The topological polar surface area (TPSA) is 82.6 Å². The van der Waals surface area contributed by atoms with Gasteiger partial charge in [0.15, 0.2) is 5.13 Å². The second-order valence-corrected chi connectivity index (χ2v) is 11.9. The highest BCUT2D eigenvalue weighted by Gasteiger charge is 2.22. The van der Waals surface area contributed by atoms with Crippen molar-refractivity contribution in [1.82, 2.24) is 9.88 Å². The number of amides is 1. The van der Waals surface area contributed by atoms with E-state index in [-0.39, 0.29) is 10.8 Å². The molecule has 0 aliphatic carbocycles. The Kier molecular flexibility index (Phi) is 7.65. The molecule has 0 spiro atoms. The van der Waals surface area contributed by atoms with E-state index in [1.54, 1.807) is 53.4 Å². The Balaban J connectivity index is 1.59. The number of hydrogen-bond acceptors (Lipinski definition) is 6. The van der Waals surface area contributed by atoms with Crippen LogP contribution >= 0.6 is 22.9 Å². The van der Waals surface area contributed by atoms with Gasteiger partial charge in [-0.25, -0.2) is 13.4 Å². The number of hydrogen-bond donors (Lipinski definition) is 1. The number of anilines is 2. The van der Waals surface area contributed by atoms with E-state index in [2.05, 4.69) is 4.72 Å². The Labute approximate surface area is 220 Å². The van der Waals surface area contributed by atoms with Gasteiger partial charge in [-0.15, -0.1) is 0 Å². The summed E-state index contributed by atoms with van der Waals surface area (Å²) >= 11 is 7.64.